The first kappa shape index (κ1) is 34.6. The van der Waals surface area contributed by atoms with Crippen LogP contribution in [0.1, 0.15) is 42.4 Å². The summed E-state index contributed by atoms with van der Waals surface area (Å²) in [7, 11) is 55.7. The number of carbonyl (C=O) groups excluding carboxylic acids is 2. The van der Waals surface area contributed by atoms with Crippen LogP contribution in [0.25, 0.3) is 16.9 Å². The second kappa shape index (κ2) is 10.6. The Balaban J connectivity index is 1.72. The highest BCUT2D eigenvalue weighted by Crippen LogP contribution is 2.61. The number of piperidine rings is 1. The maximum Gasteiger partial charge on any atom is 0.417 e. The first-order valence-electron chi connectivity index (χ1n) is 13.9. The number of imide groups is 1. The van der Waals surface area contributed by atoms with Gasteiger partial charge >= 0.3 is 6.09 Å². The monoisotopic (exact) mass is 608 g/mol. The molecule has 5 rings (SSSR count). The number of aliphatic hydroxyl groups is 1. The highest BCUT2D eigenvalue weighted by molar-refractivity contribution is 6.66. The molecule has 1 saturated heterocycles. The first-order chi connectivity index (χ1) is 21.4. The Labute approximate surface area is 283 Å². The van der Waals surface area contributed by atoms with Crippen molar-refractivity contribution < 1.29 is 23.8 Å². The lowest BCUT2D eigenvalue weighted by Gasteiger charge is -2.77. The average Bonchev–Trinajstić information content (AvgIpc) is 3.55. The molecule has 0 atom stereocenters. The number of nitriles is 1. The molecule has 18 radical (unpaired) electrons. The number of halogens is 1. The van der Waals surface area contributed by atoms with Crippen LogP contribution in [-0.4, -0.2) is 129 Å². The van der Waals surface area contributed by atoms with E-state index < -0.39 is 50.0 Å². The number of hydrogen-bond donors (Lipinski definition) is 1. The Kier molecular flexibility index (Phi) is 7.84. The molecule has 0 saturated carbocycles. The van der Waals surface area contributed by atoms with Gasteiger partial charge in [-0.3, -0.25) is 4.79 Å². The number of aromatic nitrogens is 3. The highest BCUT2D eigenvalue weighted by atomic mass is 19.1. The summed E-state index contributed by atoms with van der Waals surface area (Å²) in [4.78, 5) is 32.8. The van der Waals surface area contributed by atoms with E-state index in [4.69, 9.17) is 75.4 Å². The van der Waals surface area contributed by atoms with Gasteiger partial charge in [-0.15, -0.1) is 0 Å². The number of anilines is 1. The fraction of sp³-hybridized carbons (Fsp3) is 0.370. The molecule has 10 nitrogen and oxygen atoms in total. The summed E-state index contributed by atoms with van der Waals surface area (Å²) >= 11 is 0. The van der Waals surface area contributed by atoms with Gasteiger partial charge < -0.3 is 14.7 Å². The first-order valence-corrected chi connectivity index (χ1v) is 13.9. The molecule has 2 amide bonds. The predicted octanol–water partition coefficient (Wildman–Crippen LogP) is -0.599. The van der Waals surface area contributed by atoms with E-state index in [1.165, 1.54) is 30.5 Å². The molecular weight excluding hydrogens is 589 g/mol. The molecule has 47 heavy (non-hydrogen) atoms. The molecule has 1 aromatic carbocycles. The van der Waals surface area contributed by atoms with Crippen LogP contribution in [-0.2, 0) is 11.3 Å². The third kappa shape index (κ3) is 4.90. The molecule has 0 spiro atoms. The van der Waals surface area contributed by atoms with Gasteiger partial charge in [-0.1, -0.05) is 16.5 Å². The van der Waals surface area contributed by atoms with Crippen molar-refractivity contribution in [1.29, 1.82) is 5.26 Å². The second-order valence-corrected chi connectivity index (χ2v) is 12.6. The van der Waals surface area contributed by atoms with Crippen LogP contribution < -0.4 is 4.90 Å². The van der Waals surface area contributed by atoms with E-state index in [9.17, 15) is 20.0 Å². The van der Waals surface area contributed by atoms with E-state index in [0.717, 1.165) is 20.5 Å². The van der Waals surface area contributed by atoms with E-state index in [0.29, 0.717) is 0 Å². The standard InChI is InChI=1S/C27H18B9FN6O4/c1-22(2,3)47-21(45)41-11-15-19(20(41)44)16(9-14(39-15)18-12(10-38)5-4-6-13(18)37)42-8-7-17(40-42)43-26(33,34)23(28,29)25(32,46)24(30,31)27(43,35)36/h4-9,46H,11H2,1-3H3. The van der Waals surface area contributed by atoms with Gasteiger partial charge in [0.1, 0.15) is 25.1 Å². The van der Waals surface area contributed by atoms with Gasteiger partial charge in [0.05, 0.1) is 109 Å². The van der Waals surface area contributed by atoms with E-state index in [2.05, 4.69) is 10.1 Å². The molecule has 2 aromatic heterocycles. The maximum atomic E-state index is 15.2. The number of fused-ring (bicyclic) bond motifs is 1. The van der Waals surface area contributed by atoms with Crippen LogP contribution in [0.4, 0.5) is 15.0 Å². The third-order valence-electron chi connectivity index (χ3n) is 8.22. The Morgan fingerprint density at radius 1 is 1.02 bits per heavy atom. The Morgan fingerprint density at radius 3 is 2.17 bits per heavy atom. The van der Waals surface area contributed by atoms with Crippen molar-refractivity contribution in [1.82, 2.24) is 19.7 Å². The van der Waals surface area contributed by atoms with Gasteiger partial charge in [-0.05, 0) is 49.6 Å². The van der Waals surface area contributed by atoms with Crippen molar-refractivity contribution in [2.75, 3.05) is 4.90 Å². The summed E-state index contributed by atoms with van der Waals surface area (Å²) in [5.41, 5.74) is -4.32. The zero-order valence-corrected chi connectivity index (χ0v) is 25.6. The van der Waals surface area contributed by atoms with Crippen molar-refractivity contribution >= 4 is 88.4 Å². The summed E-state index contributed by atoms with van der Waals surface area (Å²) in [6, 6.07) is 8.32. The minimum atomic E-state index is -2.96. The van der Waals surface area contributed by atoms with Gasteiger partial charge in [-0.25, -0.2) is 23.8 Å². The van der Waals surface area contributed by atoms with E-state index >= 15 is 4.39 Å². The lowest BCUT2D eigenvalue weighted by Crippen LogP contribution is -2.85. The van der Waals surface area contributed by atoms with Crippen molar-refractivity contribution in [3.63, 3.8) is 0 Å². The van der Waals surface area contributed by atoms with E-state index in [-0.39, 0.29) is 46.1 Å². The summed E-state index contributed by atoms with van der Waals surface area (Å²) in [6.07, 6.45) is 0.334. The van der Waals surface area contributed by atoms with Gasteiger partial charge in [0.2, 0.25) is 0 Å². The zero-order valence-electron chi connectivity index (χ0n) is 25.6. The van der Waals surface area contributed by atoms with Gasteiger partial charge in [0, 0.05) is 17.8 Å². The number of hydrogen-bond acceptors (Lipinski definition) is 8. The second-order valence-electron chi connectivity index (χ2n) is 12.6. The molecule has 0 aliphatic carbocycles. The molecule has 2 aliphatic heterocycles. The van der Waals surface area contributed by atoms with Crippen molar-refractivity contribution in [3.05, 3.63) is 59.2 Å². The predicted molar refractivity (Wildman–Crippen MR) is 178 cm³/mol. The van der Waals surface area contributed by atoms with Crippen LogP contribution in [0.2, 0.25) is 10.4 Å². The molecule has 0 unspecified atom stereocenters. The van der Waals surface area contributed by atoms with Gasteiger partial charge in [0.25, 0.3) is 5.91 Å². The maximum absolute atomic E-state index is 15.2. The van der Waals surface area contributed by atoms with Gasteiger partial charge in [0.15, 0.2) is 0 Å². The molecule has 214 valence electrons. The van der Waals surface area contributed by atoms with E-state index in [1.54, 1.807) is 20.8 Å². The zero-order chi connectivity index (χ0) is 35.3. The van der Waals surface area contributed by atoms with Crippen LogP contribution in [0.15, 0.2) is 36.5 Å². The highest BCUT2D eigenvalue weighted by Gasteiger charge is 2.66. The number of carbonyl (C=O) groups is 2. The number of pyridine rings is 1. The summed E-state index contributed by atoms with van der Waals surface area (Å²) in [5.74, 6) is -1.87. The Bertz CT molecular complexity index is 1840. The average molecular weight is 607 g/mol. The quantitative estimate of drug-likeness (QED) is 0.392. The van der Waals surface area contributed by atoms with Gasteiger partial charge in [-0.2, -0.15) is 10.4 Å². The van der Waals surface area contributed by atoms with Crippen LogP contribution in [0, 0.1) is 17.1 Å². The lowest BCUT2D eigenvalue weighted by atomic mass is 9.12. The molecule has 1 N–H and O–H groups in total. The molecule has 20 heteroatoms. The molecule has 3 aromatic rings. The molecule has 4 heterocycles. The fourth-order valence-corrected chi connectivity index (χ4v) is 5.51. The lowest BCUT2D eigenvalue weighted by molar-refractivity contribution is 0.0247. The number of nitrogens with zero attached hydrogens (tertiary/aromatic N) is 6. The summed E-state index contributed by atoms with van der Waals surface area (Å²) < 4.78 is 21.7. The van der Waals surface area contributed by atoms with Crippen molar-refractivity contribution in [3.8, 4) is 23.0 Å². The molecule has 0 bridgehead atoms. The van der Waals surface area contributed by atoms with Crippen LogP contribution in [0.5, 0.6) is 0 Å². The summed E-state index contributed by atoms with van der Waals surface area (Å²) in [6.45, 7) is 4.51. The normalized spacial score (nSPS) is 20.3. The number of benzene rings is 1. The van der Waals surface area contributed by atoms with Crippen molar-refractivity contribution in [2.24, 2.45) is 0 Å². The fourth-order valence-electron chi connectivity index (χ4n) is 5.51. The Hall–Kier alpha value is -3.72. The SMILES string of the molecule is [B]C1([B])N(c2ccn(-c3cc(-c4c(F)cccc4C#N)nc4c3C(=O)N(C(=O)OC(C)(C)C)C4)n2)C([B])([B])C([B])([B])C([B])(O)C1([B])[B]. The smallest absolute Gasteiger partial charge is 0.417 e. The third-order valence-corrected chi connectivity index (χ3v) is 8.22. The Morgan fingerprint density at radius 2 is 1.62 bits per heavy atom. The number of ether oxygens (including phenoxy) is 1. The number of rotatable bonds is 3. The molecule has 2 aliphatic rings. The number of amides is 2. The minimum absolute atomic E-state index is 0.0357. The van der Waals surface area contributed by atoms with Crippen LogP contribution in [0.3, 0.4) is 0 Å². The largest absolute Gasteiger partial charge is 0.443 e. The molecule has 1 fully saturated rings. The van der Waals surface area contributed by atoms with Crippen LogP contribution >= 0.6 is 0 Å². The molecular formula is C27H18B9FN6O4. The minimum Gasteiger partial charge on any atom is -0.443 e. The topological polar surface area (TPSA) is 125 Å². The van der Waals surface area contributed by atoms with Crippen molar-refractivity contribution in [2.45, 2.75) is 59.5 Å². The van der Waals surface area contributed by atoms with E-state index in [1.807, 2.05) is 6.07 Å². The summed E-state index contributed by atoms with van der Waals surface area (Å²) in [5, 5.41) is 14.6.